The SMILES string of the molecule is Cc1nc(NCCC2=CCCCC2)c2oc3ccccc3c2n1.Cl. The number of aromatic nitrogens is 2. The van der Waals surface area contributed by atoms with Crippen molar-refractivity contribution in [2.45, 2.75) is 39.0 Å². The summed E-state index contributed by atoms with van der Waals surface area (Å²) in [6, 6.07) is 8.01. The van der Waals surface area contributed by atoms with E-state index in [1.54, 1.807) is 5.57 Å². The fourth-order valence-corrected chi connectivity index (χ4v) is 3.30. The van der Waals surface area contributed by atoms with Crippen LogP contribution in [-0.2, 0) is 0 Å². The van der Waals surface area contributed by atoms with E-state index >= 15 is 0 Å². The Hall–Kier alpha value is -2.07. The molecule has 5 heteroatoms. The van der Waals surface area contributed by atoms with Gasteiger partial charge in [-0.3, -0.25) is 0 Å². The Kier molecular flexibility index (Phi) is 5.05. The van der Waals surface area contributed by atoms with Crippen molar-refractivity contribution in [2.75, 3.05) is 11.9 Å². The highest BCUT2D eigenvalue weighted by atomic mass is 35.5. The van der Waals surface area contributed by atoms with Crippen molar-refractivity contribution < 1.29 is 4.42 Å². The number of anilines is 1. The molecule has 0 amide bonds. The van der Waals surface area contributed by atoms with E-state index in [9.17, 15) is 0 Å². The lowest BCUT2D eigenvalue weighted by atomic mass is 9.97. The Labute approximate surface area is 147 Å². The third-order valence-corrected chi connectivity index (χ3v) is 4.46. The number of furan rings is 1. The molecular weight excluding hydrogens is 322 g/mol. The molecule has 24 heavy (non-hydrogen) atoms. The van der Waals surface area contributed by atoms with Crippen molar-refractivity contribution in [1.29, 1.82) is 0 Å². The smallest absolute Gasteiger partial charge is 0.196 e. The van der Waals surface area contributed by atoms with Gasteiger partial charge in [-0.2, -0.15) is 0 Å². The minimum atomic E-state index is 0. The Morgan fingerprint density at radius 3 is 2.88 bits per heavy atom. The summed E-state index contributed by atoms with van der Waals surface area (Å²) in [7, 11) is 0. The standard InChI is InChI=1S/C19H21N3O.ClH/c1-13-21-17-15-9-5-6-10-16(15)23-18(17)19(22-13)20-12-11-14-7-3-2-4-8-14;/h5-7,9-10H,2-4,8,11-12H2,1H3,(H,20,21,22);1H. The first-order chi connectivity index (χ1) is 11.3. The number of nitrogens with one attached hydrogen (secondary N) is 1. The topological polar surface area (TPSA) is 51.0 Å². The fraction of sp³-hybridized carbons (Fsp3) is 0.368. The molecule has 1 aliphatic carbocycles. The zero-order chi connectivity index (χ0) is 15.6. The molecule has 0 spiro atoms. The number of halogens is 1. The molecular formula is C19H22ClN3O. The highest BCUT2D eigenvalue weighted by Crippen LogP contribution is 2.31. The van der Waals surface area contributed by atoms with Crippen LogP contribution in [0.4, 0.5) is 5.82 Å². The number of nitrogens with zero attached hydrogens (tertiary/aromatic N) is 2. The molecule has 0 unspecified atom stereocenters. The monoisotopic (exact) mass is 343 g/mol. The molecule has 4 rings (SSSR count). The Morgan fingerprint density at radius 2 is 2.04 bits per heavy atom. The molecule has 1 aliphatic rings. The number of allylic oxidation sites excluding steroid dienone is 1. The summed E-state index contributed by atoms with van der Waals surface area (Å²) in [4.78, 5) is 9.11. The van der Waals surface area contributed by atoms with Crippen LogP contribution in [0.5, 0.6) is 0 Å². The van der Waals surface area contributed by atoms with Crippen LogP contribution in [0.15, 0.2) is 40.3 Å². The number of hydrogen-bond acceptors (Lipinski definition) is 4. The number of rotatable bonds is 4. The van der Waals surface area contributed by atoms with Crippen LogP contribution < -0.4 is 5.32 Å². The minimum absolute atomic E-state index is 0. The van der Waals surface area contributed by atoms with Crippen LogP contribution in [0, 0.1) is 6.92 Å². The summed E-state index contributed by atoms with van der Waals surface area (Å²) in [5.74, 6) is 1.57. The van der Waals surface area contributed by atoms with Crippen molar-refractivity contribution in [1.82, 2.24) is 9.97 Å². The molecule has 2 aromatic heterocycles. The molecule has 0 aliphatic heterocycles. The van der Waals surface area contributed by atoms with Gasteiger partial charge in [-0.25, -0.2) is 9.97 Å². The minimum Gasteiger partial charge on any atom is -0.450 e. The van der Waals surface area contributed by atoms with Crippen molar-refractivity contribution in [2.24, 2.45) is 0 Å². The highest BCUT2D eigenvalue weighted by molar-refractivity contribution is 6.05. The number of benzene rings is 1. The molecule has 3 aromatic rings. The first kappa shape index (κ1) is 16.8. The van der Waals surface area contributed by atoms with E-state index in [0.29, 0.717) is 0 Å². The van der Waals surface area contributed by atoms with E-state index < -0.39 is 0 Å². The maximum absolute atomic E-state index is 5.98. The maximum Gasteiger partial charge on any atom is 0.196 e. The molecule has 4 nitrogen and oxygen atoms in total. The van der Waals surface area contributed by atoms with E-state index in [4.69, 9.17) is 4.42 Å². The van der Waals surface area contributed by atoms with Crippen LogP contribution in [0.25, 0.3) is 22.1 Å². The molecule has 2 heterocycles. The van der Waals surface area contributed by atoms with Crippen molar-refractivity contribution in [3.05, 3.63) is 41.7 Å². The Morgan fingerprint density at radius 1 is 1.17 bits per heavy atom. The summed E-state index contributed by atoms with van der Waals surface area (Å²) >= 11 is 0. The molecule has 0 saturated carbocycles. The lowest BCUT2D eigenvalue weighted by molar-refractivity contribution is 0.664. The van der Waals surface area contributed by atoms with E-state index in [0.717, 1.165) is 46.7 Å². The van der Waals surface area contributed by atoms with Gasteiger partial charge < -0.3 is 9.73 Å². The second-order valence-corrected chi connectivity index (χ2v) is 6.18. The van der Waals surface area contributed by atoms with Crippen LogP contribution in [-0.4, -0.2) is 16.5 Å². The van der Waals surface area contributed by atoms with Gasteiger partial charge in [0.2, 0.25) is 0 Å². The maximum atomic E-state index is 5.98. The predicted molar refractivity (Wildman–Crippen MR) is 101 cm³/mol. The predicted octanol–water partition coefficient (Wildman–Crippen LogP) is 5.41. The zero-order valence-corrected chi connectivity index (χ0v) is 14.7. The number of fused-ring (bicyclic) bond motifs is 3. The summed E-state index contributed by atoms with van der Waals surface area (Å²) in [6.07, 6.45) is 8.60. The van der Waals surface area contributed by atoms with Gasteiger partial charge in [0.25, 0.3) is 0 Å². The molecule has 0 fully saturated rings. The Balaban J connectivity index is 0.00000169. The highest BCUT2D eigenvalue weighted by Gasteiger charge is 2.14. The lowest BCUT2D eigenvalue weighted by Crippen LogP contribution is -2.07. The van der Waals surface area contributed by atoms with Crippen LogP contribution >= 0.6 is 12.4 Å². The second-order valence-electron chi connectivity index (χ2n) is 6.18. The average molecular weight is 344 g/mol. The molecule has 126 valence electrons. The van der Waals surface area contributed by atoms with Crippen molar-refractivity contribution in [3.8, 4) is 0 Å². The van der Waals surface area contributed by atoms with Crippen LogP contribution in [0.2, 0.25) is 0 Å². The third-order valence-electron chi connectivity index (χ3n) is 4.46. The molecule has 1 aromatic carbocycles. The van der Waals surface area contributed by atoms with Gasteiger partial charge in [0.05, 0.1) is 0 Å². The van der Waals surface area contributed by atoms with Crippen LogP contribution in [0.1, 0.15) is 37.9 Å². The summed E-state index contributed by atoms with van der Waals surface area (Å²) < 4.78 is 5.98. The fourth-order valence-electron chi connectivity index (χ4n) is 3.30. The average Bonchev–Trinajstić information content (AvgIpc) is 2.95. The largest absolute Gasteiger partial charge is 0.450 e. The van der Waals surface area contributed by atoms with E-state index in [1.807, 2.05) is 31.2 Å². The van der Waals surface area contributed by atoms with Gasteiger partial charge in [0.1, 0.15) is 16.9 Å². The first-order valence-electron chi connectivity index (χ1n) is 8.39. The van der Waals surface area contributed by atoms with Crippen molar-refractivity contribution in [3.63, 3.8) is 0 Å². The molecule has 0 radical (unpaired) electrons. The number of aryl methyl sites for hydroxylation is 1. The molecule has 1 N–H and O–H groups in total. The molecule has 0 atom stereocenters. The van der Waals surface area contributed by atoms with E-state index in [1.165, 1.54) is 25.7 Å². The van der Waals surface area contributed by atoms with E-state index in [-0.39, 0.29) is 12.4 Å². The zero-order valence-electron chi connectivity index (χ0n) is 13.8. The normalized spacial score (nSPS) is 14.5. The first-order valence-corrected chi connectivity index (χ1v) is 8.39. The summed E-state index contributed by atoms with van der Waals surface area (Å²) in [6.45, 7) is 2.81. The van der Waals surface area contributed by atoms with Crippen LogP contribution in [0.3, 0.4) is 0 Å². The summed E-state index contributed by atoms with van der Waals surface area (Å²) in [5.41, 5.74) is 4.08. The van der Waals surface area contributed by atoms with Gasteiger partial charge >= 0.3 is 0 Å². The van der Waals surface area contributed by atoms with Gasteiger partial charge in [-0.05, 0) is 51.2 Å². The third kappa shape index (κ3) is 3.24. The second kappa shape index (κ2) is 7.22. The quantitative estimate of drug-likeness (QED) is 0.643. The van der Waals surface area contributed by atoms with E-state index in [2.05, 4.69) is 21.4 Å². The van der Waals surface area contributed by atoms with Crippen molar-refractivity contribution >= 4 is 40.3 Å². The van der Waals surface area contributed by atoms with Gasteiger partial charge in [0, 0.05) is 11.9 Å². The number of para-hydroxylation sites is 1. The summed E-state index contributed by atoms with van der Waals surface area (Å²) in [5, 5.41) is 4.50. The lowest BCUT2D eigenvalue weighted by Gasteiger charge is -2.13. The molecule has 0 saturated heterocycles. The van der Waals surface area contributed by atoms with Gasteiger partial charge in [-0.1, -0.05) is 23.8 Å². The van der Waals surface area contributed by atoms with Gasteiger partial charge in [0.15, 0.2) is 11.4 Å². The van der Waals surface area contributed by atoms with Gasteiger partial charge in [-0.15, -0.1) is 12.4 Å². The molecule has 0 bridgehead atoms. The number of hydrogen-bond donors (Lipinski definition) is 1. The Bertz CT molecular complexity index is 885.